The molecule has 1 amide bonds. The number of likely N-dealkylation sites (tertiary alicyclic amines) is 1. The third-order valence-electron chi connectivity index (χ3n) is 6.15. The lowest BCUT2D eigenvalue weighted by molar-refractivity contribution is -0.140. The van der Waals surface area contributed by atoms with E-state index in [4.69, 9.17) is 5.11 Å². The Hall–Kier alpha value is -2.39. The molecule has 0 aliphatic carbocycles. The maximum atomic E-state index is 13.9. The Labute approximate surface area is 200 Å². The number of hydrogen-bond donors (Lipinski definition) is 4. The monoisotopic (exact) mass is 538 g/mol. The summed E-state index contributed by atoms with van der Waals surface area (Å²) in [5.74, 6) is -0.777. The van der Waals surface area contributed by atoms with Crippen LogP contribution in [0.5, 0.6) is 0 Å². The van der Waals surface area contributed by atoms with Crippen LogP contribution >= 0.6 is 10.6 Å². The van der Waals surface area contributed by atoms with Crippen molar-refractivity contribution < 1.29 is 45.0 Å². The molecule has 0 saturated carbocycles. The third kappa shape index (κ3) is 4.98. The van der Waals surface area contributed by atoms with Gasteiger partial charge in [0, 0.05) is 19.1 Å². The van der Waals surface area contributed by atoms with Crippen LogP contribution in [0.1, 0.15) is 29.5 Å². The summed E-state index contributed by atoms with van der Waals surface area (Å²) in [6, 6.07) is 3.71. The van der Waals surface area contributed by atoms with E-state index in [9.17, 15) is 39.9 Å². The zero-order valence-corrected chi connectivity index (χ0v) is 19.7. The number of hydrogen-bond acceptors (Lipinski definition) is 5. The van der Waals surface area contributed by atoms with Gasteiger partial charge in [0.2, 0.25) is 10.0 Å². The summed E-state index contributed by atoms with van der Waals surface area (Å²) in [5.41, 5.74) is -1.22. The molecule has 192 valence electrons. The highest BCUT2D eigenvalue weighted by molar-refractivity contribution is 8.24. The number of rotatable bonds is 3. The van der Waals surface area contributed by atoms with Crippen LogP contribution in [0.2, 0.25) is 0 Å². The summed E-state index contributed by atoms with van der Waals surface area (Å²) in [6.45, 7) is 0.00342. The summed E-state index contributed by atoms with van der Waals surface area (Å²) in [6.07, 6.45) is -6.09. The smallest absolute Gasteiger partial charge is 0.417 e. The first-order valence-corrected chi connectivity index (χ1v) is 13.5. The maximum absolute atomic E-state index is 13.9. The van der Waals surface area contributed by atoms with Crippen LogP contribution in [-0.4, -0.2) is 52.8 Å². The SMILES string of the molecule is O=C(O)N1CCC(NS(=O)(=O)c2cc3c(cc2C(F)(F)F)CCc2ccc(F)cc2S3(O)O)CC1. The summed E-state index contributed by atoms with van der Waals surface area (Å²) in [7, 11) is -8.84. The van der Waals surface area contributed by atoms with Gasteiger partial charge in [-0.15, -0.1) is 10.6 Å². The van der Waals surface area contributed by atoms with Crippen LogP contribution in [0.3, 0.4) is 0 Å². The van der Waals surface area contributed by atoms with E-state index in [1.54, 1.807) is 0 Å². The Morgan fingerprint density at radius 1 is 1.03 bits per heavy atom. The van der Waals surface area contributed by atoms with Gasteiger partial charge in [0.25, 0.3) is 0 Å². The van der Waals surface area contributed by atoms with E-state index in [1.165, 1.54) is 6.07 Å². The van der Waals surface area contributed by atoms with Gasteiger partial charge in [-0.05, 0) is 61.1 Å². The first kappa shape index (κ1) is 25.7. The van der Waals surface area contributed by atoms with E-state index in [2.05, 4.69) is 4.72 Å². The zero-order chi connectivity index (χ0) is 25.8. The molecule has 14 heteroatoms. The largest absolute Gasteiger partial charge is 0.465 e. The highest BCUT2D eigenvalue weighted by Gasteiger charge is 2.41. The molecule has 2 aliphatic heterocycles. The van der Waals surface area contributed by atoms with Gasteiger partial charge in [-0.2, -0.15) is 13.2 Å². The highest BCUT2D eigenvalue weighted by atomic mass is 32.3. The van der Waals surface area contributed by atoms with Crippen LogP contribution in [0.25, 0.3) is 0 Å². The number of nitrogens with zero attached hydrogens (tertiary/aromatic N) is 1. The molecule has 0 atom stereocenters. The molecule has 35 heavy (non-hydrogen) atoms. The van der Waals surface area contributed by atoms with E-state index in [0.29, 0.717) is 17.7 Å². The molecule has 4 rings (SSSR count). The van der Waals surface area contributed by atoms with Gasteiger partial charge in [0.15, 0.2) is 0 Å². The molecule has 1 fully saturated rings. The lowest BCUT2D eigenvalue weighted by atomic mass is 10.0. The minimum Gasteiger partial charge on any atom is -0.465 e. The molecule has 0 spiro atoms. The van der Waals surface area contributed by atoms with Crippen LogP contribution in [0, 0.1) is 5.82 Å². The number of alkyl halides is 3. The number of carbonyl (C=O) groups is 1. The molecule has 0 unspecified atom stereocenters. The van der Waals surface area contributed by atoms with Crippen molar-refractivity contribution in [1.82, 2.24) is 9.62 Å². The van der Waals surface area contributed by atoms with Crippen LogP contribution in [0.15, 0.2) is 45.0 Å². The average Bonchev–Trinajstić information content (AvgIpc) is 2.86. The van der Waals surface area contributed by atoms with Crippen molar-refractivity contribution in [1.29, 1.82) is 0 Å². The van der Waals surface area contributed by atoms with Crippen molar-refractivity contribution in [2.24, 2.45) is 0 Å². The van der Waals surface area contributed by atoms with E-state index >= 15 is 0 Å². The quantitative estimate of drug-likeness (QED) is 0.425. The van der Waals surface area contributed by atoms with Gasteiger partial charge < -0.3 is 10.0 Å². The van der Waals surface area contributed by atoms with E-state index in [0.717, 1.165) is 17.0 Å². The lowest BCUT2D eigenvalue weighted by Crippen LogP contribution is -2.46. The second-order valence-corrected chi connectivity index (χ2v) is 12.1. The number of aryl methyl sites for hydroxylation is 2. The molecule has 8 nitrogen and oxygen atoms in total. The number of sulfonamides is 1. The number of fused-ring (bicyclic) bond motifs is 2. The fourth-order valence-electron chi connectivity index (χ4n) is 4.37. The minimum absolute atomic E-state index is 0.00171. The van der Waals surface area contributed by atoms with Gasteiger partial charge in [0.1, 0.15) is 5.82 Å². The molecule has 0 radical (unpaired) electrons. The number of halogens is 4. The Kier molecular flexibility index (Phi) is 6.55. The fourth-order valence-corrected chi connectivity index (χ4v) is 7.84. The topological polar surface area (TPSA) is 127 Å². The Bertz CT molecular complexity index is 1280. The summed E-state index contributed by atoms with van der Waals surface area (Å²) in [5, 5.41) is 9.03. The van der Waals surface area contributed by atoms with Crippen molar-refractivity contribution in [2.45, 2.75) is 52.6 Å². The Morgan fingerprint density at radius 3 is 2.23 bits per heavy atom. The molecule has 2 heterocycles. The second kappa shape index (κ2) is 8.92. The van der Waals surface area contributed by atoms with E-state index < -0.39 is 60.1 Å². The zero-order valence-electron chi connectivity index (χ0n) is 18.0. The first-order chi connectivity index (χ1) is 16.2. The summed E-state index contributed by atoms with van der Waals surface area (Å²) in [4.78, 5) is 10.3. The van der Waals surface area contributed by atoms with Gasteiger partial charge in [-0.25, -0.2) is 22.3 Å². The molecule has 2 aromatic carbocycles. The van der Waals surface area contributed by atoms with Crippen molar-refractivity contribution in [2.75, 3.05) is 13.1 Å². The molecule has 0 aromatic heterocycles. The molecule has 1 saturated heterocycles. The van der Waals surface area contributed by atoms with Crippen molar-refractivity contribution in [3.63, 3.8) is 0 Å². The first-order valence-electron chi connectivity index (χ1n) is 10.5. The highest BCUT2D eigenvalue weighted by Crippen LogP contribution is 2.60. The van der Waals surface area contributed by atoms with Crippen LogP contribution in [0.4, 0.5) is 22.4 Å². The van der Waals surface area contributed by atoms with Gasteiger partial charge in [-0.1, -0.05) is 6.07 Å². The predicted molar refractivity (Wildman–Crippen MR) is 118 cm³/mol. The van der Waals surface area contributed by atoms with Gasteiger partial charge in [0.05, 0.1) is 20.2 Å². The van der Waals surface area contributed by atoms with E-state index in [1.807, 2.05) is 0 Å². The lowest BCUT2D eigenvalue weighted by Gasteiger charge is -2.35. The Morgan fingerprint density at radius 2 is 1.63 bits per heavy atom. The van der Waals surface area contributed by atoms with Crippen LogP contribution < -0.4 is 4.72 Å². The fraction of sp³-hybridized carbons (Fsp3) is 0.381. The number of benzene rings is 2. The molecular weight excluding hydrogens is 516 g/mol. The second-order valence-electron chi connectivity index (χ2n) is 8.42. The van der Waals surface area contributed by atoms with E-state index in [-0.39, 0.29) is 49.2 Å². The number of piperidine rings is 1. The molecule has 2 aromatic rings. The number of amides is 1. The van der Waals surface area contributed by atoms with Crippen LogP contribution in [-0.2, 0) is 29.0 Å². The molecule has 0 bridgehead atoms. The minimum atomic E-state index is -5.07. The van der Waals surface area contributed by atoms with Crippen molar-refractivity contribution in [3.05, 3.63) is 52.8 Å². The predicted octanol–water partition coefficient (Wildman–Crippen LogP) is 4.53. The average molecular weight is 539 g/mol. The van der Waals surface area contributed by atoms with Gasteiger partial charge >= 0.3 is 12.3 Å². The summed E-state index contributed by atoms with van der Waals surface area (Å²) >= 11 is 0. The number of nitrogens with one attached hydrogen (secondary N) is 1. The standard InChI is InChI=1S/C21H22F4N2O6S2/c22-14-4-3-12-1-2-13-9-16(21(23,24)25)19(11-18(13)34(30,31)17(12)10-14)35(32,33)26-15-5-7-27(8-6-15)20(28)29/h3-4,9-11,15,26,30-31H,1-2,5-8H2,(H,28,29). The molecule has 4 N–H and O–H groups in total. The third-order valence-corrected chi connectivity index (χ3v) is 9.70. The van der Waals surface area contributed by atoms with Crippen molar-refractivity contribution in [3.8, 4) is 0 Å². The van der Waals surface area contributed by atoms with Gasteiger partial charge in [-0.3, -0.25) is 9.11 Å². The molecular formula is C21H22F4N2O6S2. The maximum Gasteiger partial charge on any atom is 0.417 e. The summed E-state index contributed by atoms with van der Waals surface area (Å²) < 4.78 is 106. The molecule has 2 aliphatic rings. The normalized spacial score (nSPS) is 19.4. The Balaban J connectivity index is 1.79. The van der Waals surface area contributed by atoms with Crippen molar-refractivity contribution >= 4 is 26.7 Å². The number of carboxylic acid groups (broad SMARTS) is 1.